The molecule has 0 amide bonds. The Labute approximate surface area is 129 Å². The van der Waals surface area contributed by atoms with E-state index < -0.39 is 37.6 Å². The van der Waals surface area contributed by atoms with Crippen LogP contribution in [0.1, 0.15) is 25.7 Å². The standard InChI is InChI=1S/C12H15N3O8/c16-5-3-1-2-4-6-23-12-10(14(19)20)7-9(13(17)18)8-11(12)15(21)22/h7-8,16H,1-6H2. The lowest BCUT2D eigenvalue weighted by atomic mass is 10.2. The van der Waals surface area contributed by atoms with Gasteiger partial charge in [0.25, 0.3) is 11.4 Å². The summed E-state index contributed by atoms with van der Waals surface area (Å²) in [5.74, 6) is -0.590. The molecule has 11 nitrogen and oxygen atoms in total. The lowest BCUT2D eigenvalue weighted by Gasteiger charge is -2.07. The first-order chi connectivity index (χ1) is 10.9. The van der Waals surface area contributed by atoms with Gasteiger partial charge in [-0.3, -0.25) is 30.3 Å². The summed E-state index contributed by atoms with van der Waals surface area (Å²) in [4.78, 5) is 29.9. The first-order valence-corrected chi connectivity index (χ1v) is 6.73. The molecule has 23 heavy (non-hydrogen) atoms. The lowest BCUT2D eigenvalue weighted by Crippen LogP contribution is -2.05. The number of aliphatic hydroxyl groups excluding tert-OH is 1. The summed E-state index contributed by atoms with van der Waals surface area (Å²) in [6, 6.07) is 1.27. The van der Waals surface area contributed by atoms with E-state index in [4.69, 9.17) is 9.84 Å². The van der Waals surface area contributed by atoms with E-state index >= 15 is 0 Å². The molecule has 1 aromatic rings. The second kappa shape index (κ2) is 8.58. The number of nitro benzene ring substituents is 3. The second-order valence-corrected chi connectivity index (χ2v) is 4.57. The van der Waals surface area contributed by atoms with Gasteiger partial charge in [-0.25, -0.2) is 0 Å². The largest absolute Gasteiger partial charge is 0.482 e. The molecule has 0 fully saturated rings. The molecular weight excluding hydrogens is 314 g/mol. The van der Waals surface area contributed by atoms with E-state index in [0.29, 0.717) is 31.4 Å². The zero-order valence-corrected chi connectivity index (χ0v) is 12.0. The number of rotatable bonds is 10. The normalized spacial score (nSPS) is 10.3. The van der Waals surface area contributed by atoms with Gasteiger partial charge in [0.15, 0.2) is 0 Å². The van der Waals surface area contributed by atoms with Gasteiger partial charge >= 0.3 is 11.4 Å². The molecule has 0 aliphatic carbocycles. The molecule has 0 radical (unpaired) electrons. The number of ether oxygens (including phenoxy) is 1. The predicted octanol–water partition coefficient (Wildman–Crippen LogP) is 2.34. The molecule has 126 valence electrons. The summed E-state index contributed by atoms with van der Waals surface area (Å²) in [5.41, 5.74) is -2.39. The smallest absolute Gasteiger partial charge is 0.325 e. The van der Waals surface area contributed by atoms with Crippen molar-refractivity contribution in [1.29, 1.82) is 0 Å². The monoisotopic (exact) mass is 329 g/mol. The number of non-ortho nitro benzene ring substituents is 1. The lowest BCUT2D eigenvalue weighted by molar-refractivity contribution is -0.404. The molecule has 1 aromatic carbocycles. The fourth-order valence-corrected chi connectivity index (χ4v) is 1.85. The van der Waals surface area contributed by atoms with Crippen LogP contribution >= 0.6 is 0 Å². The Morgan fingerprint density at radius 3 is 1.83 bits per heavy atom. The zero-order chi connectivity index (χ0) is 17.4. The molecule has 0 heterocycles. The average molecular weight is 329 g/mol. The summed E-state index contributed by atoms with van der Waals surface area (Å²) >= 11 is 0. The van der Waals surface area contributed by atoms with Gasteiger partial charge in [-0.05, 0) is 19.3 Å². The maximum atomic E-state index is 11.0. The number of aliphatic hydroxyl groups is 1. The Kier molecular flexibility index (Phi) is 6.80. The Morgan fingerprint density at radius 1 is 0.870 bits per heavy atom. The van der Waals surface area contributed by atoms with E-state index in [2.05, 4.69) is 0 Å². The molecule has 11 heteroatoms. The summed E-state index contributed by atoms with van der Waals surface area (Å²) in [6.45, 7) is 0.0467. The third-order valence-corrected chi connectivity index (χ3v) is 2.94. The molecule has 0 aromatic heterocycles. The molecule has 0 aliphatic rings. The molecule has 0 atom stereocenters. The number of nitrogens with zero attached hydrogens (tertiary/aromatic N) is 3. The maximum Gasteiger partial charge on any atom is 0.325 e. The van der Waals surface area contributed by atoms with Crippen molar-refractivity contribution >= 4 is 17.1 Å². The van der Waals surface area contributed by atoms with E-state index in [0.717, 1.165) is 6.42 Å². The minimum absolute atomic E-state index is 0.00901. The highest BCUT2D eigenvalue weighted by Crippen LogP contribution is 2.40. The molecule has 1 N–H and O–H groups in total. The first kappa shape index (κ1) is 18.2. The van der Waals surface area contributed by atoms with Gasteiger partial charge in [0.1, 0.15) is 0 Å². The number of hydrogen-bond acceptors (Lipinski definition) is 8. The van der Waals surface area contributed by atoms with E-state index in [1.54, 1.807) is 0 Å². The van der Waals surface area contributed by atoms with Gasteiger partial charge < -0.3 is 9.84 Å². The second-order valence-electron chi connectivity index (χ2n) is 4.57. The van der Waals surface area contributed by atoms with Gasteiger partial charge in [0, 0.05) is 6.61 Å². The van der Waals surface area contributed by atoms with Gasteiger partial charge in [-0.2, -0.15) is 0 Å². The molecule has 0 unspecified atom stereocenters. The Balaban J connectivity index is 3.00. The quantitative estimate of drug-likeness (QED) is 0.389. The van der Waals surface area contributed by atoms with E-state index in [9.17, 15) is 30.3 Å². The summed E-state index contributed by atoms with van der Waals surface area (Å²) in [6.07, 6.45) is 2.49. The van der Waals surface area contributed by atoms with Crippen molar-refractivity contribution in [2.45, 2.75) is 25.7 Å². The number of unbranched alkanes of at least 4 members (excludes halogenated alkanes) is 3. The van der Waals surface area contributed by atoms with Crippen LogP contribution in [0, 0.1) is 30.3 Å². The Hall–Kier alpha value is -2.82. The number of hydrogen-bond donors (Lipinski definition) is 1. The van der Waals surface area contributed by atoms with E-state index in [1.165, 1.54) is 0 Å². The molecule has 0 bridgehead atoms. The van der Waals surface area contributed by atoms with Gasteiger partial charge in [0.2, 0.25) is 0 Å². The van der Waals surface area contributed by atoms with Crippen LogP contribution < -0.4 is 4.74 Å². The summed E-state index contributed by atoms with van der Waals surface area (Å²) in [7, 11) is 0. The molecule has 0 saturated carbocycles. The fourth-order valence-electron chi connectivity index (χ4n) is 1.85. The number of nitro groups is 3. The van der Waals surface area contributed by atoms with Crippen molar-refractivity contribution in [2.24, 2.45) is 0 Å². The van der Waals surface area contributed by atoms with Crippen molar-refractivity contribution in [3.8, 4) is 5.75 Å². The van der Waals surface area contributed by atoms with Crippen LogP contribution in [0.15, 0.2) is 12.1 Å². The van der Waals surface area contributed by atoms with Crippen LogP contribution in [0.5, 0.6) is 5.75 Å². The molecule has 1 rings (SSSR count). The van der Waals surface area contributed by atoms with E-state index in [-0.39, 0.29) is 13.2 Å². The summed E-state index contributed by atoms with van der Waals surface area (Å²) < 4.78 is 5.14. The summed E-state index contributed by atoms with van der Waals surface area (Å²) in [5, 5.41) is 41.3. The zero-order valence-electron chi connectivity index (χ0n) is 12.0. The van der Waals surface area contributed by atoms with Crippen LogP contribution in [0.4, 0.5) is 17.1 Å². The number of benzene rings is 1. The molecular formula is C12H15N3O8. The van der Waals surface area contributed by atoms with Crippen molar-refractivity contribution < 1.29 is 24.6 Å². The molecule has 0 spiro atoms. The van der Waals surface area contributed by atoms with Crippen LogP contribution in [-0.2, 0) is 0 Å². The van der Waals surface area contributed by atoms with Crippen molar-refractivity contribution in [1.82, 2.24) is 0 Å². The minimum atomic E-state index is -0.957. The van der Waals surface area contributed by atoms with Crippen molar-refractivity contribution in [2.75, 3.05) is 13.2 Å². The SMILES string of the molecule is O=[N+]([O-])c1cc([N+](=O)[O-])c(OCCCCCCO)c([N+](=O)[O-])c1. The third-order valence-electron chi connectivity index (χ3n) is 2.94. The van der Waals surface area contributed by atoms with Crippen molar-refractivity contribution in [3.05, 3.63) is 42.5 Å². The minimum Gasteiger partial charge on any atom is -0.482 e. The van der Waals surface area contributed by atoms with Gasteiger partial charge in [-0.15, -0.1) is 0 Å². The molecule has 0 aliphatic heterocycles. The highest BCUT2D eigenvalue weighted by Gasteiger charge is 2.32. The van der Waals surface area contributed by atoms with Gasteiger partial charge in [0.05, 0.1) is 33.5 Å². The molecule has 0 saturated heterocycles. The Morgan fingerprint density at radius 2 is 1.39 bits per heavy atom. The van der Waals surface area contributed by atoms with Crippen LogP contribution in [-0.4, -0.2) is 33.1 Å². The average Bonchev–Trinajstić information content (AvgIpc) is 2.49. The van der Waals surface area contributed by atoms with Crippen LogP contribution in [0.2, 0.25) is 0 Å². The van der Waals surface area contributed by atoms with Crippen LogP contribution in [0.25, 0.3) is 0 Å². The first-order valence-electron chi connectivity index (χ1n) is 6.73. The maximum absolute atomic E-state index is 11.0. The third kappa shape index (κ3) is 5.14. The Bertz CT molecular complexity index is 569. The predicted molar refractivity (Wildman–Crippen MR) is 77.5 cm³/mol. The van der Waals surface area contributed by atoms with Crippen molar-refractivity contribution in [3.63, 3.8) is 0 Å². The van der Waals surface area contributed by atoms with Gasteiger partial charge in [-0.1, -0.05) is 6.42 Å². The van der Waals surface area contributed by atoms with Crippen LogP contribution in [0.3, 0.4) is 0 Å². The van der Waals surface area contributed by atoms with E-state index in [1.807, 2.05) is 0 Å². The highest BCUT2D eigenvalue weighted by molar-refractivity contribution is 5.65. The topological polar surface area (TPSA) is 159 Å². The fraction of sp³-hybridized carbons (Fsp3) is 0.500. The highest BCUT2D eigenvalue weighted by atomic mass is 16.6.